The van der Waals surface area contributed by atoms with E-state index >= 15 is 0 Å². The second kappa shape index (κ2) is 37.2. The molecule has 1 aliphatic rings. The normalized spacial score (nSPS) is 17.9. The molecule has 61 heavy (non-hydrogen) atoms. The number of allylic oxidation sites excluding steroid dienone is 16. The Labute approximate surface area is 370 Å². The summed E-state index contributed by atoms with van der Waals surface area (Å²) < 4.78 is 39.5. The largest absolute Gasteiger partial charge is 0.756 e. The molecule has 1 rings (SSSR count). The molecule has 1 saturated heterocycles. The van der Waals surface area contributed by atoms with Gasteiger partial charge in [0.25, 0.3) is 7.82 Å². The molecule has 0 amide bonds. The highest BCUT2D eigenvalue weighted by molar-refractivity contribution is 7.45. The zero-order chi connectivity index (χ0) is 44.7. The van der Waals surface area contributed by atoms with Crippen molar-refractivity contribution in [2.45, 2.75) is 148 Å². The number of epoxide rings is 1. The lowest BCUT2D eigenvalue weighted by atomic mass is 10.1. The van der Waals surface area contributed by atoms with Gasteiger partial charge in [-0.3, -0.25) is 14.2 Å². The van der Waals surface area contributed by atoms with E-state index in [4.69, 9.17) is 23.3 Å². The number of nitrogens with zero attached hydrogens (tertiary/aromatic N) is 1. The van der Waals surface area contributed by atoms with Crippen molar-refractivity contribution in [3.8, 4) is 0 Å². The summed E-state index contributed by atoms with van der Waals surface area (Å²) in [5.74, 6) is -1.02. The van der Waals surface area contributed by atoms with Crippen molar-refractivity contribution in [2.75, 3.05) is 47.5 Å². The average Bonchev–Trinajstić information content (AvgIpc) is 3.97. The second-order valence-electron chi connectivity index (χ2n) is 16.1. The fraction of sp³-hybridized carbons (Fsp3) is 0.600. The maximum atomic E-state index is 12.7. The first kappa shape index (κ1) is 55.6. The van der Waals surface area contributed by atoms with Crippen LogP contribution in [0.15, 0.2) is 109 Å². The van der Waals surface area contributed by atoms with Gasteiger partial charge in [0.15, 0.2) is 6.10 Å². The van der Waals surface area contributed by atoms with Crippen LogP contribution in [0.3, 0.4) is 0 Å². The van der Waals surface area contributed by atoms with E-state index in [2.05, 4.69) is 105 Å². The summed E-state index contributed by atoms with van der Waals surface area (Å²) in [7, 11) is 1.06. The molecule has 0 spiro atoms. The summed E-state index contributed by atoms with van der Waals surface area (Å²) in [4.78, 5) is 37.6. The van der Waals surface area contributed by atoms with Gasteiger partial charge < -0.3 is 32.6 Å². The lowest BCUT2D eigenvalue weighted by Gasteiger charge is -2.28. The minimum Gasteiger partial charge on any atom is -0.756 e. The van der Waals surface area contributed by atoms with Crippen LogP contribution in [0.5, 0.6) is 0 Å². The summed E-state index contributed by atoms with van der Waals surface area (Å²) >= 11 is 0. The lowest BCUT2D eigenvalue weighted by Crippen LogP contribution is -2.37. The summed E-state index contributed by atoms with van der Waals surface area (Å²) in [6.45, 7) is 3.89. The highest BCUT2D eigenvalue weighted by Crippen LogP contribution is 2.38. The minimum atomic E-state index is -4.67. The van der Waals surface area contributed by atoms with Crippen molar-refractivity contribution in [3.63, 3.8) is 0 Å². The molecule has 1 aliphatic heterocycles. The van der Waals surface area contributed by atoms with Gasteiger partial charge in [-0.05, 0) is 89.9 Å². The number of carbonyl (C=O) groups is 2. The number of phosphoric ester groups is 1. The Morgan fingerprint density at radius 1 is 0.607 bits per heavy atom. The number of rotatable bonds is 38. The summed E-state index contributed by atoms with van der Waals surface area (Å²) in [6.07, 6.45) is 53.1. The highest BCUT2D eigenvalue weighted by atomic mass is 31.2. The average molecular weight is 870 g/mol. The minimum absolute atomic E-state index is 0.0619. The van der Waals surface area contributed by atoms with Gasteiger partial charge >= 0.3 is 11.9 Å². The third-order valence-corrected chi connectivity index (χ3v) is 10.2. The molecule has 344 valence electrons. The van der Waals surface area contributed by atoms with Crippen LogP contribution in [-0.2, 0) is 37.4 Å². The molecule has 0 aliphatic carbocycles. The van der Waals surface area contributed by atoms with E-state index in [-0.39, 0.29) is 26.1 Å². The Morgan fingerprint density at radius 2 is 1.10 bits per heavy atom. The van der Waals surface area contributed by atoms with Crippen LogP contribution in [0.25, 0.3) is 0 Å². The van der Waals surface area contributed by atoms with Gasteiger partial charge in [-0.25, -0.2) is 0 Å². The molecule has 4 atom stereocenters. The molecule has 10 nitrogen and oxygen atoms in total. The third kappa shape index (κ3) is 38.1. The van der Waals surface area contributed by atoms with E-state index in [0.29, 0.717) is 42.5 Å². The smallest absolute Gasteiger partial charge is 0.306 e. The topological polar surface area (TPSA) is 124 Å². The number of phosphoric acid groups is 1. The van der Waals surface area contributed by atoms with Crippen LogP contribution in [-0.4, -0.2) is 82.2 Å². The Kier molecular flexibility index (Phi) is 33.9. The predicted molar refractivity (Wildman–Crippen MR) is 249 cm³/mol. The Bertz CT molecular complexity index is 1470. The number of hydrogen-bond acceptors (Lipinski definition) is 9. The SMILES string of the molecule is CC/C=C\C/C=C\C/C=C\C/C=C\C/C=C\C/C=C\CCC(=O)O[C@H](COC(=O)CCC/C=C\C/C=C\CC1OC1C/C=C\CCCCC)COP(=O)([O-])OCC[N+](C)(C)C. The molecule has 11 heteroatoms. The van der Waals surface area contributed by atoms with E-state index < -0.39 is 32.5 Å². The molecule has 1 heterocycles. The zero-order valence-electron chi connectivity index (χ0n) is 38.2. The number of likely N-dealkylation sites (N-methyl/N-ethyl adjacent to an activating group) is 1. The molecule has 1 fully saturated rings. The van der Waals surface area contributed by atoms with Crippen molar-refractivity contribution in [1.82, 2.24) is 0 Å². The molecular formula is C50H80NO9P. The fourth-order valence-corrected chi connectivity index (χ4v) is 6.26. The number of hydrogen-bond donors (Lipinski definition) is 0. The predicted octanol–water partition coefficient (Wildman–Crippen LogP) is 11.5. The molecule has 0 saturated carbocycles. The number of ether oxygens (including phenoxy) is 3. The van der Waals surface area contributed by atoms with Crippen LogP contribution in [0.2, 0.25) is 0 Å². The van der Waals surface area contributed by atoms with Gasteiger partial charge in [0, 0.05) is 12.8 Å². The third-order valence-electron chi connectivity index (χ3n) is 9.19. The Balaban J connectivity index is 2.38. The summed E-state index contributed by atoms with van der Waals surface area (Å²) in [5.41, 5.74) is 0. The van der Waals surface area contributed by atoms with Gasteiger partial charge in [0.1, 0.15) is 19.8 Å². The van der Waals surface area contributed by atoms with Gasteiger partial charge in [0.2, 0.25) is 0 Å². The van der Waals surface area contributed by atoms with Gasteiger partial charge in [-0.15, -0.1) is 0 Å². The fourth-order valence-electron chi connectivity index (χ4n) is 5.54. The molecule has 0 aromatic carbocycles. The lowest BCUT2D eigenvalue weighted by molar-refractivity contribution is -0.870. The van der Waals surface area contributed by atoms with Crippen LogP contribution in [0.4, 0.5) is 0 Å². The Morgan fingerprint density at radius 3 is 1.66 bits per heavy atom. The van der Waals surface area contributed by atoms with E-state index in [1.807, 2.05) is 39.4 Å². The van der Waals surface area contributed by atoms with Gasteiger partial charge in [0.05, 0.1) is 40.0 Å². The van der Waals surface area contributed by atoms with Crippen LogP contribution in [0.1, 0.15) is 129 Å². The monoisotopic (exact) mass is 870 g/mol. The maximum Gasteiger partial charge on any atom is 0.306 e. The first-order valence-corrected chi connectivity index (χ1v) is 24.2. The van der Waals surface area contributed by atoms with Crippen LogP contribution < -0.4 is 4.89 Å². The summed E-state index contributed by atoms with van der Waals surface area (Å²) in [5, 5.41) is 0. The zero-order valence-corrected chi connectivity index (χ0v) is 39.1. The van der Waals surface area contributed by atoms with Crippen LogP contribution in [0, 0.1) is 0 Å². The number of quaternary nitrogens is 1. The Hall–Kier alpha value is -3.37. The molecule has 0 aromatic heterocycles. The number of esters is 2. The molecule has 0 bridgehead atoms. The van der Waals surface area contributed by atoms with Crippen molar-refractivity contribution < 1.29 is 46.8 Å². The van der Waals surface area contributed by atoms with Gasteiger partial charge in [-0.1, -0.05) is 136 Å². The molecule has 3 unspecified atom stereocenters. The highest BCUT2D eigenvalue weighted by Gasteiger charge is 2.36. The molecule has 0 N–H and O–H groups in total. The van der Waals surface area contributed by atoms with Crippen molar-refractivity contribution in [3.05, 3.63) is 109 Å². The first-order chi connectivity index (χ1) is 29.5. The van der Waals surface area contributed by atoms with Crippen molar-refractivity contribution >= 4 is 19.8 Å². The molecule has 0 radical (unpaired) electrons. The maximum absolute atomic E-state index is 12.7. The van der Waals surface area contributed by atoms with Crippen LogP contribution >= 0.6 is 7.82 Å². The van der Waals surface area contributed by atoms with E-state index in [9.17, 15) is 19.0 Å². The number of unbranched alkanes of at least 4 members (excludes halogenated alkanes) is 4. The van der Waals surface area contributed by atoms with E-state index in [1.165, 1.54) is 19.3 Å². The standard InChI is InChI=1S/C50H80NO9P/c1-6-8-10-12-14-15-16-17-18-19-20-21-22-23-24-25-28-33-37-41-50(53)59-46(45-58-61(54,55)57-43-42-51(3,4)5)44-56-49(52)40-36-32-29-26-27-31-35-39-48-47(60-48)38-34-30-13-11-9-7-2/h8,10,14-15,17-18,20-21,23-24,26,28-31,33-35,46-48H,6-7,9,11-13,16,19,22,25,27,32,36-45H2,1-5H3/b10-8-,15-14-,18-17-,21-20-,24-23-,29-26-,33-28-,34-30-,35-31-/t46-,47?,48?/m1/s1. The van der Waals surface area contributed by atoms with E-state index in [1.54, 1.807) is 0 Å². The van der Waals surface area contributed by atoms with Crippen molar-refractivity contribution in [2.24, 2.45) is 0 Å². The van der Waals surface area contributed by atoms with E-state index in [0.717, 1.165) is 64.2 Å². The van der Waals surface area contributed by atoms with Crippen molar-refractivity contribution in [1.29, 1.82) is 0 Å². The number of carbonyl (C=O) groups excluding carboxylic acids is 2. The molecular weight excluding hydrogens is 790 g/mol. The molecule has 0 aromatic rings. The quantitative estimate of drug-likeness (QED) is 0.0149. The second-order valence-corrected chi connectivity index (χ2v) is 17.5. The summed E-state index contributed by atoms with van der Waals surface area (Å²) in [6, 6.07) is 0. The first-order valence-electron chi connectivity index (χ1n) is 22.7. The van der Waals surface area contributed by atoms with Gasteiger partial charge in [-0.2, -0.15) is 0 Å².